The molecule has 3 amide bonds. The largest absolute Gasteiger partial charge is 0.480 e. The van der Waals surface area contributed by atoms with Gasteiger partial charge in [-0.3, -0.25) is 14.4 Å². The average molecular weight is 441 g/mol. The monoisotopic (exact) mass is 440 g/mol. The van der Waals surface area contributed by atoms with Crippen LogP contribution < -0.4 is 10.6 Å². The number of aliphatic carboxylic acids is 1. The zero-order valence-electron chi connectivity index (χ0n) is 17.5. The lowest BCUT2D eigenvalue weighted by Crippen LogP contribution is -2.56. The van der Waals surface area contributed by atoms with Crippen molar-refractivity contribution >= 4 is 35.5 Å². The van der Waals surface area contributed by atoms with Crippen LogP contribution in [0.25, 0.3) is 0 Å². The molecule has 4 atom stereocenters. The third-order valence-corrected chi connectivity index (χ3v) is 6.89. The van der Waals surface area contributed by atoms with E-state index < -0.39 is 24.1 Å². The van der Waals surface area contributed by atoms with Crippen LogP contribution >= 0.6 is 11.8 Å². The molecule has 30 heavy (non-hydrogen) atoms. The van der Waals surface area contributed by atoms with Gasteiger partial charge < -0.3 is 25.5 Å². The first-order chi connectivity index (χ1) is 14.4. The summed E-state index contributed by atoms with van der Waals surface area (Å²) in [6.07, 6.45) is 6.50. The summed E-state index contributed by atoms with van der Waals surface area (Å²) < 4.78 is 0. The molecule has 0 aromatic heterocycles. The third kappa shape index (κ3) is 5.08. The first-order valence-electron chi connectivity index (χ1n) is 10.8. The topological polar surface area (TPSA) is 119 Å². The molecule has 0 saturated carbocycles. The summed E-state index contributed by atoms with van der Waals surface area (Å²) in [6.45, 7) is 1.75. The number of likely N-dealkylation sites (tertiary alicyclic amines) is 2. The van der Waals surface area contributed by atoms with Gasteiger partial charge in [0.1, 0.15) is 18.1 Å². The number of amides is 3. The van der Waals surface area contributed by atoms with Gasteiger partial charge in [-0.1, -0.05) is 0 Å². The van der Waals surface area contributed by atoms with Crippen molar-refractivity contribution < 1.29 is 24.3 Å². The maximum atomic E-state index is 13.1. The molecule has 3 fully saturated rings. The predicted molar refractivity (Wildman–Crippen MR) is 113 cm³/mol. The quantitative estimate of drug-likeness (QED) is 0.488. The van der Waals surface area contributed by atoms with E-state index in [1.54, 1.807) is 16.7 Å². The number of carbonyl (C=O) groups is 4. The molecule has 168 valence electrons. The van der Waals surface area contributed by atoms with Crippen LogP contribution in [0.3, 0.4) is 0 Å². The molecule has 0 aliphatic carbocycles. The maximum Gasteiger partial charge on any atom is 0.326 e. The number of hydrogen-bond acceptors (Lipinski definition) is 6. The van der Waals surface area contributed by atoms with Gasteiger partial charge in [0.15, 0.2) is 0 Å². The third-order valence-electron chi connectivity index (χ3n) is 6.24. The summed E-state index contributed by atoms with van der Waals surface area (Å²) in [5.41, 5.74) is 0. The van der Waals surface area contributed by atoms with E-state index in [0.717, 1.165) is 25.8 Å². The number of carboxylic acid groups (broad SMARTS) is 1. The molecule has 10 heteroatoms. The SMILES string of the molecule is CSCCC(NC(=O)C1CCCN1C(=O)C1CCCN1)C(=O)N1CCCC1C(=O)O. The Morgan fingerprint density at radius 1 is 1.07 bits per heavy atom. The van der Waals surface area contributed by atoms with Crippen molar-refractivity contribution in [1.29, 1.82) is 0 Å². The van der Waals surface area contributed by atoms with Gasteiger partial charge in [0.25, 0.3) is 0 Å². The number of thioether (sulfide) groups is 1. The summed E-state index contributed by atoms with van der Waals surface area (Å²) in [5.74, 6) is -1.03. The number of hydrogen-bond donors (Lipinski definition) is 3. The van der Waals surface area contributed by atoms with E-state index in [2.05, 4.69) is 10.6 Å². The summed E-state index contributed by atoms with van der Waals surface area (Å²) in [6, 6.07) is -2.40. The van der Waals surface area contributed by atoms with Crippen LogP contribution in [0.5, 0.6) is 0 Å². The van der Waals surface area contributed by atoms with E-state index in [4.69, 9.17) is 0 Å². The average Bonchev–Trinajstić information content (AvgIpc) is 3.50. The highest BCUT2D eigenvalue weighted by Gasteiger charge is 2.41. The summed E-state index contributed by atoms with van der Waals surface area (Å²) in [4.78, 5) is 53.5. The van der Waals surface area contributed by atoms with Crippen LogP contribution in [0, 0.1) is 0 Å². The molecule has 3 rings (SSSR count). The molecule has 3 saturated heterocycles. The molecule has 3 aliphatic rings. The first-order valence-corrected chi connectivity index (χ1v) is 12.2. The zero-order valence-corrected chi connectivity index (χ0v) is 18.3. The van der Waals surface area contributed by atoms with Gasteiger partial charge >= 0.3 is 5.97 Å². The van der Waals surface area contributed by atoms with Crippen LogP contribution in [0.4, 0.5) is 0 Å². The number of carbonyl (C=O) groups excluding carboxylic acids is 3. The van der Waals surface area contributed by atoms with Gasteiger partial charge in [0.05, 0.1) is 6.04 Å². The van der Waals surface area contributed by atoms with E-state index in [0.29, 0.717) is 44.5 Å². The fourth-order valence-electron chi connectivity index (χ4n) is 4.65. The van der Waals surface area contributed by atoms with Crippen molar-refractivity contribution in [1.82, 2.24) is 20.4 Å². The second-order valence-corrected chi connectivity index (χ2v) is 9.19. The van der Waals surface area contributed by atoms with Crippen molar-refractivity contribution in [3.8, 4) is 0 Å². The van der Waals surface area contributed by atoms with Crippen molar-refractivity contribution in [3.63, 3.8) is 0 Å². The summed E-state index contributed by atoms with van der Waals surface area (Å²) in [7, 11) is 0. The highest BCUT2D eigenvalue weighted by molar-refractivity contribution is 7.98. The van der Waals surface area contributed by atoms with Gasteiger partial charge in [-0.05, 0) is 63.5 Å². The lowest BCUT2D eigenvalue weighted by Gasteiger charge is -2.30. The zero-order chi connectivity index (χ0) is 21.7. The Morgan fingerprint density at radius 3 is 2.40 bits per heavy atom. The minimum Gasteiger partial charge on any atom is -0.480 e. The molecular weight excluding hydrogens is 408 g/mol. The lowest BCUT2D eigenvalue weighted by atomic mass is 10.1. The van der Waals surface area contributed by atoms with Crippen molar-refractivity contribution in [2.75, 3.05) is 31.6 Å². The first kappa shape index (κ1) is 22.9. The summed E-state index contributed by atoms with van der Waals surface area (Å²) >= 11 is 1.57. The van der Waals surface area contributed by atoms with Crippen molar-refractivity contribution in [2.45, 2.75) is 69.1 Å². The second-order valence-electron chi connectivity index (χ2n) is 8.21. The molecule has 0 bridgehead atoms. The summed E-state index contributed by atoms with van der Waals surface area (Å²) in [5, 5.41) is 15.5. The van der Waals surface area contributed by atoms with Gasteiger partial charge in [-0.15, -0.1) is 0 Å². The lowest BCUT2D eigenvalue weighted by molar-refractivity contribution is -0.149. The molecule has 3 N–H and O–H groups in total. The van der Waals surface area contributed by atoms with Crippen LogP contribution in [0.2, 0.25) is 0 Å². The molecule has 3 aliphatic heterocycles. The minimum absolute atomic E-state index is 0.0392. The van der Waals surface area contributed by atoms with Crippen LogP contribution in [-0.2, 0) is 19.2 Å². The Bertz CT molecular complexity index is 670. The fraction of sp³-hybridized carbons (Fsp3) is 0.800. The highest BCUT2D eigenvalue weighted by Crippen LogP contribution is 2.23. The number of carboxylic acids is 1. The molecule has 0 radical (unpaired) electrons. The predicted octanol–water partition coefficient (Wildman–Crippen LogP) is 0.0429. The molecule has 0 spiro atoms. The van der Waals surface area contributed by atoms with Gasteiger partial charge in [0, 0.05) is 13.1 Å². The Morgan fingerprint density at radius 2 is 1.77 bits per heavy atom. The van der Waals surface area contributed by atoms with E-state index in [1.165, 1.54) is 4.90 Å². The van der Waals surface area contributed by atoms with Crippen LogP contribution in [0.1, 0.15) is 44.9 Å². The Balaban J connectivity index is 1.67. The second kappa shape index (κ2) is 10.5. The molecule has 0 aromatic rings. The molecule has 0 aromatic carbocycles. The van der Waals surface area contributed by atoms with E-state index in [-0.39, 0.29) is 23.8 Å². The smallest absolute Gasteiger partial charge is 0.326 e. The minimum atomic E-state index is -1.01. The Labute approximate surface area is 181 Å². The molecule has 3 heterocycles. The van der Waals surface area contributed by atoms with E-state index >= 15 is 0 Å². The van der Waals surface area contributed by atoms with Gasteiger partial charge in [0.2, 0.25) is 17.7 Å². The van der Waals surface area contributed by atoms with Gasteiger partial charge in [-0.2, -0.15) is 11.8 Å². The molecule has 4 unspecified atom stereocenters. The number of rotatable bonds is 8. The standard InChI is InChI=1S/C20H32N4O5S/c1-30-12-8-14(19(27)24-11-4-7-16(24)20(28)29)22-17(25)15-6-3-10-23(15)18(26)13-5-2-9-21-13/h13-16,21H,2-12H2,1H3,(H,22,25)(H,28,29). The Kier molecular flexibility index (Phi) is 7.99. The molecule has 9 nitrogen and oxygen atoms in total. The van der Waals surface area contributed by atoms with E-state index in [1.807, 2.05) is 6.26 Å². The van der Waals surface area contributed by atoms with Crippen molar-refractivity contribution in [2.24, 2.45) is 0 Å². The Hall–Kier alpha value is -1.81. The van der Waals surface area contributed by atoms with Gasteiger partial charge in [-0.25, -0.2) is 4.79 Å². The maximum absolute atomic E-state index is 13.1. The van der Waals surface area contributed by atoms with Crippen molar-refractivity contribution in [3.05, 3.63) is 0 Å². The highest BCUT2D eigenvalue weighted by atomic mass is 32.2. The van der Waals surface area contributed by atoms with Crippen LogP contribution in [-0.4, -0.2) is 94.4 Å². The number of nitrogens with zero attached hydrogens (tertiary/aromatic N) is 2. The van der Waals surface area contributed by atoms with Crippen LogP contribution in [0.15, 0.2) is 0 Å². The normalized spacial score (nSPS) is 27.3. The fourth-order valence-corrected chi connectivity index (χ4v) is 5.12. The van der Waals surface area contributed by atoms with E-state index in [9.17, 15) is 24.3 Å². The number of nitrogens with one attached hydrogen (secondary N) is 2. The molecular formula is C20H32N4O5S.